The number of para-hydroxylation sites is 1. The van der Waals surface area contributed by atoms with Crippen molar-refractivity contribution in [2.75, 3.05) is 4.90 Å². The van der Waals surface area contributed by atoms with Crippen molar-refractivity contribution in [3.8, 4) is 0 Å². The standard InChI is InChI=1S/C20H12ClF2N3OS/c21-13-5-1-8-16-18(13)25-20(28-16)26(11-12-4-3-9-24-10-12)19(27)17-14(22)6-2-7-15(17)23/h1-10H,11H2. The number of anilines is 1. The van der Waals surface area contributed by atoms with Gasteiger partial charge in [-0.25, -0.2) is 13.8 Å². The highest BCUT2D eigenvalue weighted by atomic mass is 35.5. The molecule has 140 valence electrons. The smallest absolute Gasteiger partial charge is 0.266 e. The van der Waals surface area contributed by atoms with Crippen LogP contribution in [-0.2, 0) is 6.54 Å². The molecule has 0 radical (unpaired) electrons. The second kappa shape index (κ2) is 7.61. The van der Waals surface area contributed by atoms with Gasteiger partial charge in [0.1, 0.15) is 22.7 Å². The number of amides is 1. The summed E-state index contributed by atoms with van der Waals surface area (Å²) in [7, 11) is 0. The fourth-order valence-electron chi connectivity index (χ4n) is 2.76. The molecule has 4 nitrogen and oxygen atoms in total. The average molecular weight is 416 g/mol. The minimum atomic E-state index is -0.930. The van der Waals surface area contributed by atoms with Gasteiger partial charge in [-0.2, -0.15) is 0 Å². The minimum Gasteiger partial charge on any atom is -0.279 e. The number of nitrogens with zero attached hydrogens (tertiary/aromatic N) is 3. The average Bonchev–Trinajstić information content (AvgIpc) is 3.12. The molecule has 0 N–H and O–H groups in total. The molecule has 0 aliphatic carbocycles. The van der Waals surface area contributed by atoms with Gasteiger partial charge in [0.15, 0.2) is 5.13 Å². The van der Waals surface area contributed by atoms with Crippen molar-refractivity contribution >= 4 is 44.2 Å². The van der Waals surface area contributed by atoms with Gasteiger partial charge in [-0.3, -0.25) is 14.7 Å². The third kappa shape index (κ3) is 3.46. The zero-order chi connectivity index (χ0) is 19.7. The molecule has 0 saturated carbocycles. The lowest BCUT2D eigenvalue weighted by atomic mass is 10.1. The van der Waals surface area contributed by atoms with Gasteiger partial charge in [0.2, 0.25) is 0 Å². The van der Waals surface area contributed by atoms with Gasteiger partial charge in [-0.05, 0) is 35.9 Å². The van der Waals surface area contributed by atoms with Gasteiger partial charge >= 0.3 is 0 Å². The molecule has 2 heterocycles. The van der Waals surface area contributed by atoms with E-state index in [4.69, 9.17) is 11.6 Å². The lowest BCUT2D eigenvalue weighted by molar-refractivity contribution is 0.0977. The van der Waals surface area contributed by atoms with Crippen LogP contribution in [0.5, 0.6) is 0 Å². The van der Waals surface area contributed by atoms with Crippen LogP contribution in [0.15, 0.2) is 60.9 Å². The summed E-state index contributed by atoms with van der Waals surface area (Å²) in [6.45, 7) is 0.0535. The van der Waals surface area contributed by atoms with Crippen LogP contribution in [0, 0.1) is 11.6 Å². The van der Waals surface area contributed by atoms with Crippen LogP contribution in [0.2, 0.25) is 5.02 Å². The van der Waals surface area contributed by atoms with Crippen molar-refractivity contribution in [1.29, 1.82) is 0 Å². The molecule has 0 atom stereocenters. The van der Waals surface area contributed by atoms with Gasteiger partial charge in [0.05, 0.1) is 16.3 Å². The first-order valence-electron chi connectivity index (χ1n) is 8.24. The monoisotopic (exact) mass is 415 g/mol. The number of carbonyl (C=O) groups is 1. The second-order valence-corrected chi connectivity index (χ2v) is 7.35. The Morgan fingerprint density at radius 2 is 1.82 bits per heavy atom. The van der Waals surface area contributed by atoms with Crippen LogP contribution in [-0.4, -0.2) is 15.9 Å². The van der Waals surface area contributed by atoms with Crippen LogP contribution in [0.4, 0.5) is 13.9 Å². The predicted molar refractivity (Wildman–Crippen MR) is 106 cm³/mol. The fourth-order valence-corrected chi connectivity index (χ4v) is 4.02. The van der Waals surface area contributed by atoms with E-state index in [-0.39, 0.29) is 6.54 Å². The van der Waals surface area contributed by atoms with Crippen molar-refractivity contribution < 1.29 is 13.6 Å². The van der Waals surface area contributed by atoms with Gasteiger partial charge in [0, 0.05) is 12.4 Å². The van der Waals surface area contributed by atoms with Gasteiger partial charge in [-0.15, -0.1) is 0 Å². The molecule has 0 spiro atoms. The summed E-state index contributed by atoms with van der Waals surface area (Å²) >= 11 is 7.41. The lowest BCUT2D eigenvalue weighted by Crippen LogP contribution is -2.32. The van der Waals surface area contributed by atoms with E-state index in [1.165, 1.54) is 22.3 Å². The Balaban J connectivity index is 1.83. The Morgan fingerprint density at radius 1 is 1.07 bits per heavy atom. The van der Waals surface area contributed by atoms with E-state index in [1.807, 2.05) is 6.07 Å². The summed E-state index contributed by atoms with van der Waals surface area (Å²) in [6.07, 6.45) is 3.18. The summed E-state index contributed by atoms with van der Waals surface area (Å²) in [5.41, 5.74) is 0.594. The molecule has 0 fully saturated rings. The van der Waals surface area contributed by atoms with E-state index in [2.05, 4.69) is 9.97 Å². The number of thiazole rings is 1. The second-order valence-electron chi connectivity index (χ2n) is 5.93. The Labute approximate surface area is 168 Å². The van der Waals surface area contributed by atoms with Gasteiger partial charge in [-0.1, -0.05) is 41.1 Å². The summed E-state index contributed by atoms with van der Waals surface area (Å²) < 4.78 is 29.3. The molecule has 0 bridgehead atoms. The molecule has 0 saturated heterocycles. The molecular weight excluding hydrogens is 404 g/mol. The molecule has 28 heavy (non-hydrogen) atoms. The highest BCUT2D eigenvalue weighted by molar-refractivity contribution is 7.22. The number of carbonyl (C=O) groups excluding carboxylic acids is 1. The number of hydrogen-bond donors (Lipinski definition) is 0. The zero-order valence-corrected chi connectivity index (χ0v) is 15.8. The number of halogens is 3. The minimum absolute atomic E-state index is 0.0535. The Hall–Kier alpha value is -2.90. The topological polar surface area (TPSA) is 46.1 Å². The largest absolute Gasteiger partial charge is 0.279 e. The predicted octanol–water partition coefficient (Wildman–Crippen LogP) is 5.47. The normalized spacial score (nSPS) is 11.0. The summed E-state index contributed by atoms with van der Waals surface area (Å²) in [5, 5.41) is 0.727. The number of hydrogen-bond acceptors (Lipinski definition) is 4. The van der Waals surface area contributed by atoms with Crippen molar-refractivity contribution in [2.24, 2.45) is 0 Å². The van der Waals surface area contributed by atoms with Crippen molar-refractivity contribution in [1.82, 2.24) is 9.97 Å². The highest BCUT2D eigenvalue weighted by Gasteiger charge is 2.27. The SMILES string of the molecule is O=C(c1c(F)cccc1F)N(Cc1cccnc1)c1nc2c(Cl)cccc2s1. The third-order valence-corrected chi connectivity index (χ3v) is 5.42. The maximum absolute atomic E-state index is 14.2. The van der Waals surface area contributed by atoms with Crippen molar-refractivity contribution in [3.05, 3.63) is 88.7 Å². The molecule has 2 aromatic carbocycles. The first kappa shape index (κ1) is 18.5. The van der Waals surface area contributed by atoms with Crippen LogP contribution < -0.4 is 4.90 Å². The van der Waals surface area contributed by atoms with Crippen LogP contribution in [0.3, 0.4) is 0 Å². The molecule has 1 amide bonds. The third-order valence-electron chi connectivity index (χ3n) is 4.07. The lowest BCUT2D eigenvalue weighted by Gasteiger charge is -2.20. The van der Waals surface area contributed by atoms with E-state index in [1.54, 1.807) is 36.7 Å². The molecule has 0 aliphatic rings. The maximum Gasteiger partial charge on any atom is 0.266 e. The van der Waals surface area contributed by atoms with Crippen LogP contribution in [0.25, 0.3) is 10.2 Å². The van der Waals surface area contributed by atoms with E-state index in [0.29, 0.717) is 21.2 Å². The van der Waals surface area contributed by atoms with Crippen LogP contribution in [0.1, 0.15) is 15.9 Å². The number of pyridine rings is 1. The van der Waals surface area contributed by atoms with Crippen LogP contribution >= 0.6 is 22.9 Å². The first-order valence-corrected chi connectivity index (χ1v) is 9.44. The molecule has 2 aromatic heterocycles. The number of fused-ring (bicyclic) bond motifs is 1. The Bertz CT molecular complexity index is 1150. The molecule has 8 heteroatoms. The first-order chi connectivity index (χ1) is 13.5. The van der Waals surface area contributed by atoms with E-state index >= 15 is 0 Å². The van der Waals surface area contributed by atoms with Gasteiger partial charge in [0.25, 0.3) is 5.91 Å². The number of benzene rings is 2. The summed E-state index contributed by atoms with van der Waals surface area (Å²) in [6, 6.07) is 12.1. The Kier molecular flexibility index (Phi) is 5.02. The van der Waals surface area contributed by atoms with Gasteiger partial charge < -0.3 is 0 Å². The Morgan fingerprint density at radius 3 is 2.50 bits per heavy atom. The molecular formula is C20H12ClF2N3OS. The van der Waals surface area contributed by atoms with Crippen molar-refractivity contribution in [2.45, 2.75) is 6.54 Å². The van der Waals surface area contributed by atoms with E-state index in [9.17, 15) is 13.6 Å². The fraction of sp³-hybridized carbons (Fsp3) is 0.0500. The number of aromatic nitrogens is 2. The van der Waals surface area contributed by atoms with E-state index in [0.717, 1.165) is 16.8 Å². The maximum atomic E-state index is 14.2. The van der Waals surface area contributed by atoms with E-state index < -0.39 is 23.1 Å². The molecule has 4 aromatic rings. The van der Waals surface area contributed by atoms with Crippen molar-refractivity contribution in [3.63, 3.8) is 0 Å². The summed E-state index contributed by atoms with van der Waals surface area (Å²) in [5.74, 6) is -2.68. The number of rotatable bonds is 4. The summed E-state index contributed by atoms with van der Waals surface area (Å²) in [4.78, 5) is 22.8. The molecule has 4 rings (SSSR count). The highest BCUT2D eigenvalue weighted by Crippen LogP contribution is 2.34. The molecule has 0 aliphatic heterocycles. The zero-order valence-electron chi connectivity index (χ0n) is 14.3. The quantitative estimate of drug-likeness (QED) is 0.444. The molecule has 0 unspecified atom stereocenters.